The molecule has 0 spiro atoms. The Kier molecular flexibility index (Phi) is 6.40. The van der Waals surface area contributed by atoms with E-state index in [1.165, 1.54) is 11.1 Å². The number of benzene rings is 2. The monoisotopic (exact) mass is 430 g/mol. The minimum absolute atomic E-state index is 0.0883. The maximum absolute atomic E-state index is 12.7. The molecule has 2 aromatic carbocycles. The van der Waals surface area contributed by atoms with Gasteiger partial charge in [0.1, 0.15) is 0 Å². The predicted molar refractivity (Wildman–Crippen MR) is 127 cm³/mol. The number of rotatable bonds is 7. The largest absolute Gasteiger partial charge is 0.355 e. The van der Waals surface area contributed by atoms with E-state index in [1.54, 1.807) is 0 Å². The first-order valence-electron chi connectivity index (χ1n) is 11.3. The molecule has 0 aliphatic carbocycles. The van der Waals surface area contributed by atoms with Crippen LogP contribution in [0.4, 0.5) is 5.82 Å². The highest BCUT2D eigenvalue weighted by atomic mass is 16.2. The van der Waals surface area contributed by atoms with Crippen LogP contribution in [0, 0.1) is 5.92 Å². The van der Waals surface area contributed by atoms with Gasteiger partial charge in [0, 0.05) is 24.6 Å². The molecule has 32 heavy (non-hydrogen) atoms. The molecule has 6 heteroatoms. The van der Waals surface area contributed by atoms with Gasteiger partial charge in [0.25, 0.3) is 0 Å². The summed E-state index contributed by atoms with van der Waals surface area (Å²) < 4.78 is 1.89. The summed E-state index contributed by atoms with van der Waals surface area (Å²) in [6, 6.07) is 18.7. The molecule has 0 unspecified atom stereocenters. The van der Waals surface area contributed by atoms with Crippen LogP contribution in [0.2, 0.25) is 0 Å². The van der Waals surface area contributed by atoms with Crippen LogP contribution >= 0.6 is 0 Å². The predicted octanol–water partition coefficient (Wildman–Crippen LogP) is 4.69. The zero-order valence-electron chi connectivity index (χ0n) is 18.9. The summed E-state index contributed by atoms with van der Waals surface area (Å²) in [6.07, 6.45) is 2.31. The fraction of sp³-hybridized carbons (Fsp3) is 0.346. The molecule has 6 nitrogen and oxygen atoms in total. The number of nitrogens with zero attached hydrogens (tertiary/aromatic N) is 2. The van der Waals surface area contributed by atoms with E-state index in [0.29, 0.717) is 18.3 Å². The van der Waals surface area contributed by atoms with Gasteiger partial charge in [0.15, 0.2) is 5.82 Å². The molecular formula is C26H30N4O2. The lowest BCUT2D eigenvalue weighted by Gasteiger charge is -2.12. The molecule has 0 radical (unpaired) electrons. The highest BCUT2D eigenvalue weighted by Crippen LogP contribution is 2.29. The fourth-order valence-corrected chi connectivity index (χ4v) is 4.05. The Morgan fingerprint density at radius 1 is 1.19 bits per heavy atom. The Balaban J connectivity index is 1.73. The standard InChI is InChI=1S/C26H30N4O2/c1-4-7-18-8-5-10-20(12-18)23-15-24(28-26(32)21-14-25(31)27-16-21)29-30(23)22-11-6-9-19(13-22)17(2)3/h5-6,8-13,15,17,21H,4,7,14,16H2,1-3H3,(H,27,31)(H,28,29,32)/t21-/m0/s1. The molecule has 3 aromatic rings. The molecule has 0 bridgehead atoms. The molecular weight excluding hydrogens is 400 g/mol. The van der Waals surface area contributed by atoms with E-state index in [0.717, 1.165) is 29.8 Å². The number of aryl methyl sites for hydroxylation is 1. The van der Waals surface area contributed by atoms with E-state index < -0.39 is 0 Å². The highest BCUT2D eigenvalue weighted by molar-refractivity contribution is 5.97. The first-order chi connectivity index (χ1) is 15.4. The minimum Gasteiger partial charge on any atom is -0.355 e. The van der Waals surface area contributed by atoms with Gasteiger partial charge < -0.3 is 10.6 Å². The Bertz CT molecular complexity index is 1130. The van der Waals surface area contributed by atoms with E-state index >= 15 is 0 Å². The lowest BCUT2D eigenvalue weighted by atomic mass is 10.0. The molecule has 1 fully saturated rings. The van der Waals surface area contributed by atoms with E-state index in [-0.39, 0.29) is 24.2 Å². The van der Waals surface area contributed by atoms with Crippen molar-refractivity contribution >= 4 is 17.6 Å². The molecule has 1 aliphatic heterocycles. The van der Waals surface area contributed by atoms with Gasteiger partial charge in [-0.3, -0.25) is 9.59 Å². The van der Waals surface area contributed by atoms with Crippen molar-refractivity contribution in [3.63, 3.8) is 0 Å². The van der Waals surface area contributed by atoms with Gasteiger partial charge in [0.2, 0.25) is 11.8 Å². The van der Waals surface area contributed by atoms with Gasteiger partial charge in [-0.25, -0.2) is 4.68 Å². The molecule has 1 aromatic heterocycles. The summed E-state index contributed by atoms with van der Waals surface area (Å²) in [5, 5.41) is 10.4. The minimum atomic E-state index is -0.367. The van der Waals surface area contributed by atoms with Gasteiger partial charge in [0.05, 0.1) is 17.3 Å². The summed E-state index contributed by atoms with van der Waals surface area (Å²) >= 11 is 0. The number of carbonyl (C=O) groups excluding carboxylic acids is 2. The van der Waals surface area contributed by atoms with Crippen molar-refractivity contribution in [2.24, 2.45) is 5.92 Å². The first kappa shape index (κ1) is 21.8. The number of hydrogen-bond donors (Lipinski definition) is 2. The average molecular weight is 431 g/mol. The van der Waals surface area contributed by atoms with E-state index in [4.69, 9.17) is 5.10 Å². The summed E-state index contributed by atoms with van der Waals surface area (Å²) in [5.41, 5.74) is 5.42. The molecule has 0 saturated carbocycles. The number of aromatic nitrogens is 2. The number of carbonyl (C=O) groups is 2. The number of nitrogens with one attached hydrogen (secondary N) is 2. The van der Waals surface area contributed by atoms with E-state index in [9.17, 15) is 9.59 Å². The Hall–Kier alpha value is -3.41. The summed E-state index contributed by atoms with van der Waals surface area (Å²) in [4.78, 5) is 24.2. The normalized spacial score (nSPS) is 15.8. The molecule has 166 valence electrons. The van der Waals surface area contributed by atoms with Crippen molar-refractivity contribution in [3.05, 3.63) is 65.7 Å². The molecule has 2 N–H and O–H groups in total. The summed E-state index contributed by atoms with van der Waals surface area (Å²) in [5.74, 6) is 0.242. The second-order valence-corrected chi connectivity index (χ2v) is 8.72. The number of anilines is 1. The van der Waals surface area contributed by atoms with E-state index in [2.05, 4.69) is 67.8 Å². The first-order valence-corrected chi connectivity index (χ1v) is 11.3. The average Bonchev–Trinajstić information content (AvgIpc) is 3.41. The van der Waals surface area contributed by atoms with Crippen LogP contribution in [0.3, 0.4) is 0 Å². The third-order valence-corrected chi connectivity index (χ3v) is 5.85. The van der Waals surface area contributed by atoms with Crippen molar-refractivity contribution in [1.29, 1.82) is 0 Å². The van der Waals surface area contributed by atoms with Crippen LogP contribution < -0.4 is 10.6 Å². The van der Waals surface area contributed by atoms with Gasteiger partial charge >= 0.3 is 0 Å². The molecule has 2 heterocycles. The van der Waals surface area contributed by atoms with Gasteiger partial charge in [-0.1, -0.05) is 57.5 Å². The zero-order valence-corrected chi connectivity index (χ0v) is 18.9. The number of hydrogen-bond acceptors (Lipinski definition) is 3. The van der Waals surface area contributed by atoms with Crippen LogP contribution in [0.1, 0.15) is 50.7 Å². The van der Waals surface area contributed by atoms with Gasteiger partial charge in [-0.15, -0.1) is 5.10 Å². The SMILES string of the molecule is CCCc1cccc(-c2cc(NC(=O)[C@@H]3CNC(=O)C3)nn2-c2cccc(C(C)C)c2)c1. The molecule has 1 saturated heterocycles. The maximum atomic E-state index is 12.7. The highest BCUT2D eigenvalue weighted by Gasteiger charge is 2.28. The Labute approximate surface area is 189 Å². The van der Waals surface area contributed by atoms with Crippen LogP contribution in [-0.4, -0.2) is 28.1 Å². The lowest BCUT2D eigenvalue weighted by Crippen LogP contribution is -2.24. The molecule has 2 amide bonds. The smallest absolute Gasteiger partial charge is 0.230 e. The molecule has 1 atom stereocenters. The van der Waals surface area contributed by atoms with Crippen molar-refractivity contribution in [1.82, 2.24) is 15.1 Å². The van der Waals surface area contributed by atoms with Crippen LogP contribution in [0.15, 0.2) is 54.6 Å². The van der Waals surface area contributed by atoms with Crippen LogP contribution in [-0.2, 0) is 16.0 Å². The van der Waals surface area contributed by atoms with Gasteiger partial charge in [-0.2, -0.15) is 0 Å². The van der Waals surface area contributed by atoms with Crippen molar-refractivity contribution in [2.75, 3.05) is 11.9 Å². The second kappa shape index (κ2) is 9.39. The van der Waals surface area contributed by atoms with Crippen molar-refractivity contribution < 1.29 is 9.59 Å². The third kappa shape index (κ3) is 4.74. The number of amides is 2. The fourth-order valence-electron chi connectivity index (χ4n) is 4.05. The quantitative estimate of drug-likeness (QED) is 0.571. The topological polar surface area (TPSA) is 76.0 Å². The van der Waals surface area contributed by atoms with Crippen molar-refractivity contribution in [3.8, 4) is 16.9 Å². The second-order valence-electron chi connectivity index (χ2n) is 8.72. The lowest BCUT2D eigenvalue weighted by molar-refractivity contribution is -0.123. The maximum Gasteiger partial charge on any atom is 0.230 e. The van der Waals surface area contributed by atoms with Gasteiger partial charge in [-0.05, 0) is 41.7 Å². The Morgan fingerprint density at radius 2 is 2.00 bits per heavy atom. The molecule has 4 rings (SSSR count). The van der Waals surface area contributed by atoms with Crippen LogP contribution in [0.5, 0.6) is 0 Å². The zero-order chi connectivity index (χ0) is 22.7. The molecule has 1 aliphatic rings. The van der Waals surface area contributed by atoms with E-state index in [1.807, 2.05) is 22.9 Å². The summed E-state index contributed by atoms with van der Waals surface area (Å²) in [7, 11) is 0. The summed E-state index contributed by atoms with van der Waals surface area (Å²) in [6.45, 7) is 6.87. The Morgan fingerprint density at radius 3 is 2.72 bits per heavy atom. The van der Waals surface area contributed by atoms with Crippen LogP contribution in [0.25, 0.3) is 16.9 Å². The third-order valence-electron chi connectivity index (χ3n) is 5.85. The van der Waals surface area contributed by atoms with Crippen molar-refractivity contribution in [2.45, 2.75) is 46.0 Å².